The lowest BCUT2D eigenvalue weighted by molar-refractivity contribution is -0.146. The normalized spacial score (nSPS) is 13.4. The summed E-state index contributed by atoms with van der Waals surface area (Å²) in [7, 11) is -3.79. The molecule has 2 rings (SSSR count). The van der Waals surface area contributed by atoms with Gasteiger partial charge in [-0.1, -0.05) is 49.2 Å². The van der Waals surface area contributed by atoms with Gasteiger partial charge in [-0.2, -0.15) is 0 Å². The summed E-state index contributed by atoms with van der Waals surface area (Å²) >= 11 is 18.8. The number of carbonyl (C=O) groups is 2. The molecule has 0 unspecified atom stereocenters. The fraction of sp³-hybridized carbons (Fsp3) is 0.462. The number of hydrogen-bond acceptors (Lipinski definition) is 8. The minimum Gasteiger partial charge on any atom is -0.491 e. The minimum atomic E-state index is -3.79. The Morgan fingerprint density at radius 2 is 1.56 bits per heavy atom. The highest BCUT2D eigenvalue weighted by molar-refractivity contribution is 7.88. The monoisotopic (exact) mass is 623 g/mol. The number of halogens is 3. The van der Waals surface area contributed by atoms with Crippen molar-refractivity contribution in [2.45, 2.75) is 45.3 Å². The second-order valence-electron chi connectivity index (χ2n) is 9.39. The van der Waals surface area contributed by atoms with Crippen molar-refractivity contribution >= 4 is 56.7 Å². The molecule has 0 bridgehead atoms. The van der Waals surface area contributed by atoms with Crippen LogP contribution in [0.2, 0.25) is 10.0 Å². The molecule has 0 spiro atoms. The number of alkyl halides is 1. The molecule has 0 aliphatic carbocycles. The fourth-order valence-electron chi connectivity index (χ4n) is 3.65. The number of hydrogen-bond donors (Lipinski definition) is 1. The summed E-state index contributed by atoms with van der Waals surface area (Å²) in [5, 5.41) is 10.7. The third kappa shape index (κ3) is 9.42. The SMILES string of the molecule is CC(=O)O[C@@H](CCl)COc1c(Cl)cc(C(C)(C)c2ccc(OC[C@@H](O)CN(C(C)=O)S(C)(=O)=O)cc2)cc1Cl. The van der Waals surface area contributed by atoms with Crippen molar-refractivity contribution in [3.63, 3.8) is 0 Å². The van der Waals surface area contributed by atoms with E-state index in [1.54, 1.807) is 24.3 Å². The lowest BCUT2D eigenvalue weighted by Crippen LogP contribution is -2.41. The van der Waals surface area contributed by atoms with E-state index in [2.05, 4.69) is 0 Å². The Bertz CT molecular complexity index is 1250. The Labute approximate surface area is 243 Å². The van der Waals surface area contributed by atoms with Crippen LogP contribution in [0.4, 0.5) is 0 Å². The van der Waals surface area contributed by atoms with Crippen molar-refractivity contribution in [2.75, 3.05) is 31.9 Å². The Hall–Kier alpha value is -2.24. The number of benzene rings is 2. The lowest BCUT2D eigenvalue weighted by atomic mass is 9.78. The van der Waals surface area contributed by atoms with Gasteiger partial charge in [0.05, 0.1) is 28.7 Å². The van der Waals surface area contributed by atoms with Crippen molar-refractivity contribution in [3.05, 3.63) is 57.6 Å². The number of esters is 1. The van der Waals surface area contributed by atoms with Crippen LogP contribution < -0.4 is 9.47 Å². The maximum atomic E-state index is 11.7. The van der Waals surface area contributed by atoms with Crippen LogP contribution in [0, 0.1) is 0 Å². The summed E-state index contributed by atoms with van der Waals surface area (Å²) in [6, 6.07) is 10.6. The van der Waals surface area contributed by atoms with Gasteiger partial charge < -0.3 is 19.3 Å². The zero-order valence-electron chi connectivity index (χ0n) is 22.2. The van der Waals surface area contributed by atoms with Gasteiger partial charge in [-0.15, -0.1) is 11.6 Å². The summed E-state index contributed by atoms with van der Waals surface area (Å²) in [4.78, 5) is 22.8. The van der Waals surface area contributed by atoms with Gasteiger partial charge in [0.25, 0.3) is 0 Å². The molecular formula is C26H32Cl3NO8S. The van der Waals surface area contributed by atoms with E-state index in [9.17, 15) is 23.1 Å². The van der Waals surface area contributed by atoms with E-state index < -0.39 is 46.1 Å². The van der Waals surface area contributed by atoms with E-state index in [1.165, 1.54) is 6.92 Å². The van der Waals surface area contributed by atoms with Gasteiger partial charge in [0, 0.05) is 19.3 Å². The summed E-state index contributed by atoms with van der Waals surface area (Å²) in [6.07, 6.45) is -0.966. The molecule has 0 aliphatic heterocycles. The van der Waals surface area contributed by atoms with E-state index >= 15 is 0 Å². The summed E-state index contributed by atoms with van der Waals surface area (Å²) in [5.74, 6) is -0.414. The number of ether oxygens (including phenoxy) is 3. The first-order valence-electron chi connectivity index (χ1n) is 11.8. The zero-order chi connectivity index (χ0) is 29.5. The number of rotatable bonds is 13. The third-order valence-corrected chi connectivity index (χ3v) is 7.90. The molecule has 0 saturated heterocycles. The third-order valence-electron chi connectivity index (χ3n) is 5.78. The van der Waals surface area contributed by atoms with Crippen LogP contribution in [-0.2, 0) is 29.8 Å². The van der Waals surface area contributed by atoms with E-state index in [0.717, 1.165) is 24.3 Å². The van der Waals surface area contributed by atoms with Gasteiger partial charge in [0.15, 0.2) is 5.75 Å². The van der Waals surface area contributed by atoms with E-state index in [-0.39, 0.29) is 34.9 Å². The first-order valence-corrected chi connectivity index (χ1v) is 14.9. The van der Waals surface area contributed by atoms with Crippen molar-refractivity contribution in [1.29, 1.82) is 0 Å². The first kappa shape index (κ1) is 33.0. The van der Waals surface area contributed by atoms with Crippen molar-refractivity contribution < 1.29 is 37.3 Å². The molecule has 13 heteroatoms. The van der Waals surface area contributed by atoms with Crippen molar-refractivity contribution in [2.24, 2.45) is 0 Å². The largest absolute Gasteiger partial charge is 0.491 e. The Morgan fingerprint density at radius 3 is 2.03 bits per heavy atom. The molecule has 0 radical (unpaired) electrons. The van der Waals surface area contributed by atoms with Gasteiger partial charge in [0.1, 0.15) is 31.2 Å². The van der Waals surface area contributed by atoms with Crippen LogP contribution >= 0.6 is 34.8 Å². The molecule has 0 heterocycles. The first-order chi connectivity index (χ1) is 18.1. The molecule has 1 amide bonds. The number of sulfonamides is 1. The highest BCUT2D eigenvalue weighted by atomic mass is 35.5. The molecule has 0 aliphatic rings. The average Bonchev–Trinajstić information content (AvgIpc) is 2.83. The molecule has 0 fully saturated rings. The number of nitrogens with zero attached hydrogens (tertiary/aromatic N) is 1. The van der Waals surface area contributed by atoms with Gasteiger partial charge in [-0.25, -0.2) is 12.7 Å². The molecule has 2 aromatic rings. The van der Waals surface area contributed by atoms with Crippen LogP contribution in [0.15, 0.2) is 36.4 Å². The number of amides is 1. The maximum Gasteiger partial charge on any atom is 0.303 e. The topological polar surface area (TPSA) is 119 Å². The highest BCUT2D eigenvalue weighted by Gasteiger charge is 2.27. The second-order valence-corrected chi connectivity index (χ2v) is 12.4. The van der Waals surface area contributed by atoms with Crippen LogP contribution in [0.25, 0.3) is 0 Å². The molecular weight excluding hydrogens is 593 g/mol. The number of carbonyl (C=O) groups excluding carboxylic acids is 2. The molecule has 9 nitrogen and oxygen atoms in total. The Morgan fingerprint density at radius 1 is 1.00 bits per heavy atom. The molecule has 2 atom stereocenters. The van der Waals surface area contributed by atoms with Gasteiger partial charge >= 0.3 is 5.97 Å². The second kappa shape index (κ2) is 13.9. The summed E-state index contributed by atoms with van der Waals surface area (Å²) in [5.41, 5.74) is 1.19. The molecule has 39 heavy (non-hydrogen) atoms. The van der Waals surface area contributed by atoms with Crippen molar-refractivity contribution in [3.8, 4) is 11.5 Å². The fourth-order valence-corrected chi connectivity index (χ4v) is 5.31. The lowest BCUT2D eigenvalue weighted by Gasteiger charge is -2.27. The smallest absolute Gasteiger partial charge is 0.303 e. The molecule has 0 saturated carbocycles. The minimum absolute atomic E-state index is 0.0114. The Balaban J connectivity index is 2.10. The molecule has 2 aromatic carbocycles. The summed E-state index contributed by atoms with van der Waals surface area (Å²) in [6.45, 7) is 5.74. The van der Waals surface area contributed by atoms with E-state index in [1.807, 2.05) is 26.0 Å². The average molecular weight is 625 g/mol. The van der Waals surface area contributed by atoms with Crippen LogP contribution in [0.5, 0.6) is 11.5 Å². The number of aliphatic hydroxyl groups is 1. The predicted molar refractivity (Wildman–Crippen MR) is 151 cm³/mol. The van der Waals surface area contributed by atoms with Crippen molar-refractivity contribution in [1.82, 2.24) is 4.31 Å². The van der Waals surface area contributed by atoms with Gasteiger partial charge in [-0.05, 0) is 35.4 Å². The van der Waals surface area contributed by atoms with E-state index in [4.69, 9.17) is 49.0 Å². The van der Waals surface area contributed by atoms with E-state index in [0.29, 0.717) is 10.1 Å². The molecule has 0 aromatic heterocycles. The van der Waals surface area contributed by atoms with Crippen LogP contribution in [0.1, 0.15) is 38.8 Å². The predicted octanol–water partition coefficient (Wildman–Crippen LogP) is 4.42. The zero-order valence-corrected chi connectivity index (χ0v) is 25.3. The highest BCUT2D eigenvalue weighted by Crippen LogP contribution is 2.40. The summed E-state index contributed by atoms with van der Waals surface area (Å²) < 4.78 is 40.4. The molecule has 1 N–H and O–H groups in total. The number of aliphatic hydroxyl groups excluding tert-OH is 1. The van der Waals surface area contributed by atoms with Gasteiger partial charge in [0.2, 0.25) is 15.9 Å². The molecule has 216 valence electrons. The quantitative estimate of drug-likeness (QED) is 0.257. The van der Waals surface area contributed by atoms with Gasteiger partial charge in [-0.3, -0.25) is 9.59 Å². The maximum absolute atomic E-state index is 11.7. The standard InChI is InChI=1S/C26H32Cl3NO8S/c1-16(31)30(39(5,34)35)13-20(33)14-36-21-8-6-18(7-9-21)26(3,4)19-10-23(28)25(24(29)11-19)37-15-22(12-27)38-17(2)32/h6-11,20,22,33H,12-15H2,1-5H3/t20-,22-/m0/s1. The van der Waals surface area contributed by atoms with Crippen LogP contribution in [-0.4, -0.2) is 73.8 Å². The van der Waals surface area contributed by atoms with Crippen LogP contribution in [0.3, 0.4) is 0 Å². The Kier molecular flexibility index (Phi) is 11.7.